The van der Waals surface area contributed by atoms with E-state index >= 15 is 0 Å². The van der Waals surface area contributed by atoms with Crippen LogP contribution < -0.4 is 5.32 Å². The van der Waals surface area contributed by atoms with Crippen molar-refractivity contribution in [2.24, 2.45) is 0 Å². The van der Waals surface area contributed by atoms with Gasteiger partial charge in [-0.3, -0.25) is 4.79 Å². The topological polar surface area (TPSA) is 66.0 Å². The van der Waals surface area contributed by atoms with Crippen molar-refractivity contribution >= 4 is 27.5 Å². The molecule has 0 radical (unpaired) electrons. The summed E-state index contributed by atoms with van der Waals surface area (Å²) in [6.07, 6.45) is 0. The summed E-state index contributed by atoms with van der Waals surface area (Å²) in [4.78, 5) is 11.7. The molecule has 1 aromatic heterocycles. The summed E-state index contributed by atoms with van der Waals surface area (Å²) < 4.78 is 5.61. The normalized spacial score (nSPS) is 9.65. The van der Waals surface area contributed by atoms with E-state index in [1.54, 1.807) is 36.4 Å². The third-order valence-electron chi connectivity index (χ3n) is 2.05. The number of carbonyl (C=O) groups is 1. The monoisotopic (exact) mass is 290 g/mol. The Hall–Kier alpha value is -2.06. The van der Waals surface area contributed by atoms with E-state index in [1.165, 1.54) is 0 Å². The van der Waals surface area contributed by atoms with Crippen LogP contribution in [0.5, 0.6) is 0 Å². The van der Waals surface area contributed by atoms with Crippen molar-refractivity contribution in [3.63, 3.8) is 0 Å². The SMILES string of the molecule is N#Cc1cccc(NC(=O)c2ccc(Br)o2)c1. The Balaban J connectivity index is 2.16. The quantitative estimate of drug-likeness (QED) is 0.924. The molecule has 1 heterocycles. The molecule has 5 heteroatoms. The summed E-state index contributed by atoms with van der Waals surface area (Å²) in [5.41, 5.74) is 1.05. The molecule has 2 aromatic rings. The molecule has 1 amide bonds. The van der Waals surface area contributed by atoms with Crippen LogP contribution in [0.25, 0.3) is 0 Å². The predicted molar refractivity (Wildman–Crippen MR) is 65.5 cm³/mol. The van der Waals surface area contributed by atoms with Crippen LogP contribution >= 0.6 is 15.9 Å². The first-order chi connectivity index (χ1) is 8.19. The molecule has 0 fully saturated rings. The highest BCUT2D eigenvalue weighted by atomic mass is 79.9. The van der Waals surface area contributed by atoms with Crippen molar-refractivity contribution in [3.8, 4) is 6.07 Å². The Kier molecular flexibility index (Phi) is 3.26. The zero-order chi connectivity index (χ0) is 12.3. The minimum absolute atomic E-state index is 0.208. The van der Waals surface area contributed by atoms with Crippen LogP contribution in [0.2, 0.25) is 0 Å². The van der Waals surface area contributed by atoms with Gasteiger partial charge in [-0.25, -0.2) is 0 Å². The fraction of sp³-hybridized carbons (Fsp3) is 0. The first-order valence-electron chi connectivity index (χ1n) is 4.76. The van der Waals surface area contributed by atoms with Crippen LogP contribution in [-0.4, -0.2) is 5.91 Å². The summed E-state index contributed by atoms with van der Waals surface area (Å²) in [6.45, 7) is 0. The van der Waals surface area contributed by atoms with E-state index in [1.807, 2.05) is 6.07 Å². The molecule has 0 saturated carbocycles. The van der Waals surface area contributed by atoms with Gasteiger partial charge in [-0.05, 0) is 46.3 Å². The zero-order valence-electron chi connectivity index (χ0n) is 8.61. The van der Waals surface area contributed by atoms with Crippen molar-refractivity contribution in [2.75, 3.05) is 5.32 Å². The van der Waals surface area contributed by atoms with Crippen LogP contribution in [0.15, 0.2) is 45.5 Å². The van der Waals surface area contributed by atoms with E-state index < -0.39 is 0 Å². The fourth-order valence-corrected chi connectivity index (χ4v) is 1.60. The zero-order valence-corrected chi connectivity index (χ0v) is 10.2. The Labute approximate surface area is 106 Å². The molecule has 1 aromatic carbocycles. The van der Waals surface area contributed by atoms with Gasteiger partial charge in [0.05, 0.1) is 11.6 Å². The Morgan fingerprint density at radius 1 is 1.35 bits per heavy atom. The number of rotatable bonds is 2. The Morgan fingerprint density at radius 3 is 2.82 bits per heavy atom. The second-order valence-corrected chi connectivity index (χ2v) is 4.03. The van der Waals surface area contributed by atoms with Gasteiger partial charge in [0.2, 0.25) is 0 Å². The summed E-state index contributed by atoms with van der Waals surface area (Å²) >= 11 is 3.12. The fourth-order valence-electron chi connectivity index (χ4n) is 1.30. The lowest BCUT2D eigenvalue weighted by molar-refractivity contribution is 0.0995. The second-order valence-electron chi connectivity index (χ2n) is 3.25. The van der Waals surface area contributed by atoms with Gasteiger partial charge in [0.15, 0.2) is 10.4 Å². The van der Waals surface area contributed by atoms with Crippen LogP contribution in [0.4, 0.5) is 5.69 Å². The van der Waals surface area contributed by atoms with Crippen molar-refractivity contribution < 1.29 is 9.21 Å². The lowest BCUT2D eigenvalue weighted by Crippen LogP contribution is -2.10. The number of carbonyl (C=O) groups excluding carboxylic acids is 1. The summed E-state index contributed by atoms with van der Waals surface area (Å²) in [5, 5.41) is 11.4. The van der Waals surface area contributed by atoms with Gasteiger partial charge in [-0.2, -0.15) is 5.26 Å². The number of nitrogens with one attached hydrogen (secondary N) is 1. The first-order valence-corrected chi connectivity index (χ1v) is 5.55. The molecule has 17 heavy (non-hydrogen) atoms. The average molecular weight is 291 g/mol. The van der Waals surface area contributed by atoms with Gasteiger partial charge in [0.25, 0.3) is 5.91 Å². The number of nitrogens with zero attached hydrogens (tertiary/aromatic N) is 1. The van der Waals surface area contributed by atoms with Gasteiger partial charge in [-0.1, -0.05) is 6.07 Å². The van der Waals surface area contributed by atoms with Crippen LogP contribution in [0, 0.1) is 11.3 Å². The molecule has 0 aliphatic carbocycles. The lowest BCUT2D eigenvalue weighted by Gasteiger charge is -2.02. The number of anilines is 1. The molecular formula is C12H7BrN2O2. The maximum Gasteiger partial charge on any atom is 0.291 e. The number of nitriles is 1. The highest BCUT2D eigenvalue weighted by molar-refractivity contribution is 9.10. The minimum Gasteiger partial charge on any atom is -0.444 e. The van der Waals surface area contributed by atoms with E-state index in [9.17, 15) is 4.79 Å². The molecule has 2 rings (SSSR count). The number of benzene rings is 1. The van der Waals surface area contributed by atoms with Gasteiger partial charge in [0.1, 0.15) is 0 Å². The summed E-state index contributed by atoms with van der Waals surface area (Å²) in [7, 11) is 0. The lowest BCUT2D eigenvalue weighted by atomic mass is 10.2. The van der Waals surface area contributed by atoms with Crippen molar-refractivity contribution in [2.45, 2.75) is 0 Å². The van der Waals surface area contributed by atoms with E-state index in [-0.39, 0.29) is 11.7 Å². The molecule has 1 N–H and O–H groups in total. The molecule has 0 atom stereocenters. The summed E-state index contributed by atoms with van der Waals surface area (Å²) in [6, 6.07) is 11.9. The van der Waals surface area contributed by atoms with Crippen molar-refractivity contribution in [1.29, 1.82) is 5.26 Å². The third-order valence-corrected chi connectivity index (χ3v) is 2.47. The van der Waals surface area contributed by atoms with Gasteiger partial charge in [-0.15, -0.1) is 0 Å². The number of furan rings is 1. The molecule has 0 aliphatic heterocycles. The highest BCUT2D eigenvalue weighted by Crippen LogP contribution is 2.16. The van der Waals surface area contributed by atoms with E-state index in [2.05, 4.69) is 21.2 Å². The predicted octanol–water partition coefficient (Wildman–Crippen LogP) is 3.17. The van der Waals surface area contributed by atoms with Gasteiger partial charge in [0, 0.05) is 5.69 Å². The summed E-state index contributed by atoms with van der Waals surface area (Å²) in [5.74, 6) is -0.148. The molecule has 0 unspecified atom stereocenters. The van der Waals surface area contributed by atoms with Gasteiger partial charge >= 0.3 is 0 Å². The second kappa shape index (κ2) is 4.85. The maximum atomic E-state index is 11.7. The maximum absolute atomic E-state index is 11.7. The number of amides is 1. The molecule has 0 aliphatic rings. The standard InChI is InChI=1S/C12H7BrN2O2/c13-11-5-4-10(17-11)12(16)15-9-3-1-2-8(6-9)7-14/h1-6H,(H,15,16). The highest BCUT2D eigenvalue weighted by Gasteiger charge is 2.10. The van der Waals surface area contributed by atoms with Crippen molar-refractivity contribution in [1.82, 2.24) is 0 Å². The number of hydrogen-bond acceptors (Lipinski definition) is 3. The Morgan fingerprint density at radius 2 is 2.18 bits per heavy atom. The van der Waals surface area contributed by atoms with E-state index in [0.717, 1.165) is 0 Å². The Bertz CT molecular complexity index is 599. The third kappa shape index (κ3) is 2.74. The molecule has 4 nitrogen and oxygen atoms in total. The molecular weight excluding hydrogens is 284 g/mol. The number of halogens is 1. The van der Waals surface area contributed by atoms with Crippen LogP contribution in [-0.2, 0) is 0 Å². The molecule has 84 valence electrons. The van der Waals surface area contributed by atoms with Crippen LogP contribution in [0.1, 0.15) is 16.1 Å². The minimum atomic E-state index is -0.356. The van der Waals surface area contributed by atoms with E-state index in [4.69, 9.17) is 9.68 Å². The van der Waals surface area contributed by atoms with E-state index in [0.29, 0.717) is 15.9 Å². The molecule has 0 saturated heterocycles. The molecule has 0 spiro atoms. The molecule has 0 bridgehead atoms. The van der Waals surface area contributed by atoms with Crippen molar-refractivity contribution in [3.05, 3.63) is 52.4 Å². The average Bonchev–Trinajstić information content (AvgIpc) is 2.76. The smallest absolute Gasteiger partial charge is 0.291 e. The van der Waals surface area contributed by atoms with Gasteiger partial charge < -0.3 is 9.73 Å². The van der Waals surface area contributed by atoms with Crippen LogP contribution in [0.3, 0.4) is 0 Å². The first kappa shape index (κ1) is 11.4. The number of hydrogen-bond donors (Lipinski definition) is 1. The largest absolute Gasteiger partial charge is 0.444 e.